The molecule has 3 aromatic carbocycles. The van der Waals surface area contributed by atoms with Gasteiger partial charge in [0.15, 0.2) is 10.9 Å². The molecule has 43 heavy (non-hydrogen) atoms. The van der Waals surface area contributed by atoms with Crippen molar-refractivity contribution in [3.63, 3.8) is 0 Å². The van der Waals surface area contributed by atoms with E-state index in [1.165, 1.54) is 34.2 Å². The molecule has 6 aromatic rings. The normalized spacial score (nSPS) is 11.2. The number of carbonyl (C=O) groups excluding carboxylic acids is 1. The van der Waals surface area contributed by atoms with E-state index in [0.717, 1.165) is 17.1 Å². The molecule has 7 nitrogen and oxygen atoms in total. The van der Waals surface area contributed by atoms with Crippen LogP contribution in [0.4, 0.5) is 0 Å². The number of aromatic nitrogens is 4. The number of hydrogen-bond donors (Lipinski definition) is 1. The van der Waals surface area contributed by atoms with Crippen LogP contribution in [0.2, 0.25) is 10.0 Å². The fourth-order valence-electron chi connectivity index (χ4n) is 4.71. The number of rotatable bonds is 11. The van der Waals surface area contributed by atoms with Crippen molar-refractivity contribution in [2.45, 2.75) is 23.2 Å². The highest BCUT2D eigenvalue weighted by atomic mass is 35.5. The molecule has 0 saturated carbocycles. The molecule has 0 atom stereocenters. The second-order valence-electron chi connectivity index (χ2n) is 9.55. The number of carbonyl (C=O) groups is 1. The molecule has 216 valence electrons. The first-order valence-electron chi connectivity index (χ1n) is 13.5. The van der Waals surface area contributed by atoms with E-state index in [4.69, 9.17) is 27.6 Å². The largest absolute Gasteiger partial charge is 0.461 e. The first-order chi connectivity index (χ1) is 21.1. The number of nitrogens with zero attached hydrogens (tertiary/aromatic N) is 4. The molecule has 1 N–H and O–H groups in total. The minimum atomic E-state index is -0.188. The standard InChI is InChI=1S/C32H25Cl2N5O2S2/c33-25-14-13-23(18-26(25)34)39-30(28-12-7-17-41-28)37-38-32(39)43-20-29-36-27(19-42-29)31(40)35-16-15-24(21-8-3-1-4-9-21)22-10-5-2-6-11-22/h1-14,17-19,24H,15-16,20H2,(H,35,40). The second kappa shape index (κ2) is 13.6. The fourth-order valence-corrected chi connectivity index (χ4v) is 6.75. The maximum Gasteiger partial charge on any atom is 0.270 e. The highest BCUT2D eigenvalue weighted by molar-refractivity contribution is 7.98. The van der Waals surface area contributed by atoms with Gasteiger partial charge in [0, 0.05) is 17.8 Å². The third-order valence-electron chi connectivity index (χ3n) is 6.77. The van der Waals surface area contributed by atoms with Crippen LogP contribution in [0.1, 0.15) is 39.0 Å². The average Bonchev–Trinajstić information content (AvgIpc) is 3.82. The highest BCUT2D eigenvalue weighted by Crippen LogP contribution is 2.33. The van der Waals surface area contributed by atoms with Crippen LogP contribution in [0.3, 0.4) is 0 Å². The Kier molecular flexibility index (Phi) is 9.24. The van der Waals surface area contributed by atoms with Crippen LogP contribution in [0.15, 0.2) is 112 Å². The summed E-state index contributed by atoms with van der Waals surface area (Å²) in [6.45, 7) is 0.525. The fraction of sp³-hybridized carbons (Fsp3) is 0.125. The number of halogens is 2. The molecule has 3 heterocycles. The quantitative estimate of drug-likeness (QED) is 0.142. The molecular weight excluding hydrogens is 621 g/mol. The van der Waals surface area contributed by atoms with Crippen LogP contribution < -0.4 is 5.32 Å². The van der Waals surface area contributed by atoms with Crippen molar-refractivity contribution in [1.29, 1.82) is 0 Å². The van der Waals surface area contributed by atoms with E-state index in [1.54, 1.807) is 29.8 Å². The summed E-state index contributed by atoms with van der Waals surface area (Å²) in [5, 5.41) is 15.9. The van der Waals surface area contributed by atoms with Crippen molar-refractivity contribution >= 4 is 52.2 Å². The lowest BCUT2D eigenvalue weighted by molar-refractivity contribution is 0.0948. The summed E-state index contributed by atoms with van der Waals surface area (Å²) < 4.78 is 7.46. The van der Waals surface area contributed by atoms with Crippen molar-refractivity contribution < 1.29 is 9.21 Å². The molecule has 0 spiro atoms. The van der Waals surface area contributed by atoms with Crippen molar-refractivity contribution in [2.75, 3.05) is 6.54 Å². The molecule has 6 rings (SSSR count). The van der Waals surface area contributed by atoms with Gasteiger partial charge in [0.05, 0.1) is 27.7 Å². The summed E-state index contributed by atoms with van der Waals surface area (Å²) in [5.74, 6) is 1.60. The molecule has 0 saturated heterocycles. The van der Waals surface area contributed by atoms with Gasteiger partial charge in [-0.2, -0.15) is 0 Å². The van der Waals surface area contributed by atoms with Gasteiger partial charge in [-0.3, -0.25) is 9.36 Å². The maximum atomic E-state index is 13.0. The Morgan fingerprint density at radius 2 is 1.67 bits per heavy atom. The van der Waals surface area contributed by atoms with Crippen LogP contribution in [-0.4, -0.2) is 32.2 Å². The van der Waals surface area contributed by atoms with Gasteiger partial charge in [-0.15, -0.1) is 21.5 Å². The summed E-state index contributed by atoms with van der Waals surface area (Å²) in [5.41, 5.74) is 3.59. The maximum absolute atomic E-state index is 13.0. The summed E-state index contributed by atoms with van der Waals surface area (Å²) in [4.78, 5) is 17.6. The van der Waals surface area contributed by atoms with Gasteiger partial charge in [-0.1, -0.05) is 95.6 Å². The van der Waals surface area contributed by atoms with E-state index in [1.807, 2.05) is 53.1 Å². The van der Waals surface area contributed by atoms with E-state index in [0.29, 0.717) is 44.8 Å². The van der Waals surface area contributed by atoms with Gasteiger partial charge < -0.3 is 9.73 Å². The molecule has 0 unspecified atom stereocenters. The van der Waals surface area contributed by atoms with E-state index < -0.39 is 0 Å². The predicted molar refractivity (Wildman–Crippen MR) is 172 cm³/mol. The molecule has 0 fully saturated rings. The van der Waals surface area contributed by atoms with Crippen molar-refractivity contribution in [3.8, 4) is 17.3 Å². The third kappa shape index (κ3) is 6.86. The summed E-state index contributed by atoms with van der Waals surface area (Å²) in [6.07, 6.45) is 2.36. The number of thioether (sulfide) groups is 1. The molecule has 0 radical (unpaired) electrons. The number of thiazole rings is 1. The third-order valence-corrected chi connectivity index (χ3v) is 9.48. The first-order valence-corrected chi connectivity index (χ1v) is 16.1. The predicted octanol–water partition coefficient (Wildman–Crippen LogP) is 8.53. The zero-order valence-electron chi connectivity index (χ0n) is 22.7. The van der Waals surface area contributed by atoms with Gasteiger partial charge in [-0.25, -0.2) is 4.98 Å². The molecule has 11 heteroatoms. The Bertz CT molecular complexity index is 1770. The molecule has 0 bridgehead atoms. The molecular formula is C32H25Cl2N5O2S2. The van der Waals surface area contributed by atoms with Crippen LogP contribution in [0.25, 0.3) is 17.3 Å². The van der Waals surface area contributed by atoms with Crippen LogP contribution in [0, 0.1) is 0 Å². The number of hydrogen-bond acceptors (Lipinski definition) is 7. The molecule has 1 amide bonds. The summed E-state index contributed by atoms with van der Waals surface area (Å²) in [6, 6.07) is 29.7. The van der Waals surface area contributed by atoms with E-state index in [2.05, 4.69) is 44.8 Å². The zero-order chi connectivity index (χ0) is 29.6. The van der Waals surface area contributed by atoms with Gasteiger partial charge in [-0.05, 0) is 47.9 Å². The lowest BCUT2D eigenvalue weighted by Crippen LogP contribution is -2.26. The zero-order valence-corrected chi connectivity index (χ0v) is 25.8. The minimum absolute atomic E-state index is 0.184. The number of benzene rings is 3. The molecule has 3 aromatic heterocycles. The van der Waals surface area contributed by atoms with Gasteiger partial charge in [0.25, 0.3) is 5.91 Å². The summed E-state index contributed by atoms with van der Waals surface area (Å²) in [7, 11) is 0. The van der Waals surface area contributed by atoms with Crippen LogP contribution >= 0.6 is 46.3 Å². The Hall–Kier alpha value is -3.89. The van der Waals surface area contributed by atoms with Crippen molar-refractivity contribution in [2.24, 2.45) is 0 Å². The van der Waals surface area contributed by atoms with E-state index in [9.17, 15) is 4.79 Å². The molecule has 0 aliphatic rings. The average molecular weight is 647 g/mol. The van der Waals surface area contributed by atoms with Gasteiger partial charge in [0.2, 0.25) is 5.82 Å². The lowest BCUT2D eigenvalue weighted by atomic mass is 9.88. The second-order valence-corrected chi connectivity index (χ2v) is 12.3. The van der Waals surface area contributed by atoms with Crippen LogP contribution in [-0.2, 0) is 5.75 Å². The van der Waals surface area contributed by atoms with E-state index >= 15 is 0 Å². The Morgan fingerprint density at radius 3 is 2.35 bits per heavy atom. The van der Waals surface area contributed by atoms with Crippen molar-refractivity contribution in [3.05, 3.63) is 135 Å². The van der Waals surface area contributed by atoms with Crippen molar-refractivity contribution in [1.82, 2.24) is 25.1 Å². The van der Waals surface area contributed by atoms with Gasteiger partial charge in [0.1, 0.15) is 10.7 Å². The Balaban J connectivity index is 1.12. The molecule has 0 aliphatic heterocycles. The lowest BCUT2D eigenvalue weighted by Gasteiger charge is -2.18. The van der Waals surface area contributed by atoms with Crippen LogP contribution in [0.5, 0.6) is 0 Å². The smallest absolute Gasteiger partial charge is 0.270 e. The van der Waals surface area contributed by atoms with Gasteiger partial charge >= 0.3 is 0 Å². The minimum Gasteiger partial charge on any atom is -0.461 e. The number of amides is 1. The highest BCUT2D eigenvalue weighted by Gasteiger charge is 2.20. The summed E-state index contributed by atoms with van der Waals surface area (Å²) >= 11 is 15.4. The Labute approximate surface area is 266 Å². The topological polar surface area (TPSA) is 85.8 Å². The number of furan rings is 1. The monoisotopic (exact) mass is 645 g/mol. The number of nitrogens with one attached hydrogen (secondary N) is 1. The van der Waals surface area contributed by atoms with E-state index in [-0.39, 0.29) is 11.8 Å². The Morgan fingerprint density at radius 1 is 0.930 bits per heavy atom. The SMILES string of the molecule is O=C(NCCC(c1ccccc1)c1ccccc1)c1csc(CSc2nnc(-c3ccco3)n2-c2ccc(Cl)c(Cl)c2)n1. The first kappa shape index (κ1) is 29.2. The molecule has 0 aliphatic carbocycles.